The number of rotatable bonds is 2. The summed E-state index contributed by atoms with van der Waals surface area (Å²) in [4.78, 5) is 2.38. The summed E-state index contributed by atoms with van der Waals surface area (Å²) in [6.07, 6.45) is 1.18. The number of anilines is 1. The Bertz CT molecular complexity index is 412. The maximum absolute atomic E-state index is 6.16. The molecule has 1 fully saturated rings. The minimum Gasteiger partial charge on any atom is -0.380 e. The van der Waals surface area contributed by atoms with Gasteiger partial charge in [0.1, 0.15) is 0 Å². The maximum Gasteiger partial charge on any atom is 0.0502 e. The third-order valence-electron chi connectivity index (χ3n) is 3.49. The summed E-state index contributed by atoms with van der Waals surface area (Å²) in [5.74, 6) is 0. The second-order valence-corrected chi connectivity index (χ2v) is 6.21. The number of benzene rings is 1. The zero-order valence-corrected chi connectivity index (χ0v) is 12.8. The molecule has 1 N–H and O–H groups in total. The van der Waals surface area contributed by atoms with E-state index in [9.17, 15) is 0 Å². The van der Waals surface area contributed by atoms with E-state index in [1.165, 1.54) is 6.42 Å². The molecule has 2 unspecified atom stereocenters. The lowest BCUT2D eigenvalue weighted by Gasteiger charge is -2.16. The fourth-order valence-corrected chi connectivity index (χ4v) is 3.01. The zero-order valence-electron chi connectivity index (χ0n) is 10.4. The van der Waals surface area contributed by atoms with Crippen LogP contribution in [0.3, 0.4) is 0 Å². The van der Waals surface area contributed by atoms with Crippen LogP contribution in [0.5, 0.6) is 0 Å². The SMILES string of the molecule is Cc1cc(Br)c(NC2CC(C)N(C)C2)cc1Cl. The molecule has 0 aliphatic carbocycles. The minimum atomic E-state index is 0.505. The van der Waals surface area contributed by atoms with Gasteiger partial charge in [-0.15, -0.1) is 0 Å². The molecule has 1 aliphatic heterocycles. The highest BCUT2D eigenvalue weighted by Gasteiger charge is 2.26. The van der Waals surface area contributed by atoms with Crippen LogP contribution in [0.15, 0.2) is 16.6 Å². The molecule has 1 aromatic rings. The molecule has 0 radical (unpaired) electrons. The van der Waals surface area contributed by atoms with E-state index in [1.54, 1.807) is 0 Å². The van der Waals surface area contributed by atoms with Crippen LogP contribution in [0.4, 0.5) is 5.69 Å². The van der Waals surface area contributed by atoms with E-state index < -0.39 is 0 Å². The second kappa shape index (κ2) is 5.17. The van der Waals surface area contributed by atoms with Crippen molar-refractivity contribution in [2.75, 3.05) is 18.9 Å². The Labute approximate surface area is 116 Å². The van der Waals surface area contributed by atoms with Gasteiger partial charge in [-0.2, -0.15) is 0 Å². The Balaban J connectivity index is 2.12. The molecule has 0 aromatic heterocycles. The average Bonchev–Trinajstić information content (AvgIpc) is 2.55. The molecule has 2 nitrogen and oxygen atoms in total. The molecule has 17 heavy (non-hydrogen) atoms. The third kappa shape index (κ3) is 2.95. The summed E-state index contributed by atoms with van der Waals surface area (Å²) >= 11 is 9.74. The average molecular weight is 318 g/mol. The van der Waals surface area contributed by atoms with Crippen molar-refractivity contribution in [2.45, 2.75) is 32.4 Å². The second-order valence-electron chi connectivity index (χ2n) is 4.95. The predicted octanol–water partition coefficient (Wildman–Crippen LogP) is 3.92. The van der Waals surface area contributed by atoms with Crippen LogP contribution >= 0.6 is 27.5 Å². The van der Waals surface area contributed by atoms with Crippen LogP contribution in [0, 0.1) is 6.92 Å². The maximum atomic E-state index is 6.16. The van der Waals surface area contributed by atoms with Crippen molar-refractivity contribution in [2.24, 2.45) is 0 Å². The van der Waals surface area contributed by atoms with E-state index in [4.69, 9.17) is 11.6 Å². The van der Waals surface area contributed by atoms with E-state index in [1.807, 2.05) is 13.0 Å². The van der Waals surface area contributed by atoms with Crippen molar-refractivity contribution in [1.29, 1.82) is 0 Å². The fraction of sp³-hybridized carbons (Fsp3) is 0.538. The molecule has 0 amide bonds. The monoisotopic (exact) mass is 316 g/mol. The Morgan fingerprint density at radius 1 is 1.47 bits per heavy atom. The summed E-state index contributed by atoms with van der Waals surface area (Å²) in [6, 6.07) is 5.22. The van der Waals surface area contributed by atoms with Gasteiger partial charge in [0.25, 0.3) is 0 Å². The van der Waals surface area contributed by atoms with Crippen molar-refractivity contribution in [1.82, 2.24) is 4.90 Å². The Morgan fingerprint density at radius 2 is 2.18 bits per heavy atom. The van der Waals surface area contributed by atoms with Gasteiger partial charge in [0, 0.05) is 28.1 Å². The van der Waals surface area contributed by atoms with Gasteiger partial charge in [-0.25, -0.2) is 0 Å². The van der Waals surface area contributed by atoms with E-state index in [0.29, 0.717) is 12.1 Å². The highest BCUT2D eigenvalue weighted by Crippen LogP contribution is 2.31. The first kappa shape index (κ1) is 13.2. The van der Waals surface area contributed by atoms with Crippen LogP contribution in [-0.4, -0.2) is 30.6 Å². The van der Waals surface area contributed by atoms with Gasteiger partial charge in [0.2, 0.25) is 0 Å². The summed E-state index contributed by atoms with van der Waals surface area (Å²) in [5, 5.41) is 4.38. The van der Waals surface area contributed by atoms with Gasteiger partial charge in [-0.05, 0) is 60.9 Å². The van der Waals surface area contributed by atoms with Crippen molar-refractivity contribution in [3.8, 4) is 0 Å². The van der Waals surface area contributed by atoms with Gasteiger partial charge in [0.15, 0.2) is 0 Å². The van der Waals surface area contributed by atoms with E-state index in [0.717, 1.165) is 27.3 Å². The summed E-state index contributed by atoms with van der Waals surface area (Å²) in [5.41, 5.74) is 2.19. The van der Waals surface area contributed by atoms with E-state index in [-0.39, 0.29) is 0 Å². The number of likely N-dealkylation sites (N-methyl/N-ethyl adjacent to an activating group) is 1. The number of hydrogen-bond acceptors (Lipinski definition) is 2. The number of likely N-dealkylation sites (tertiary alicyclic amines) is 1. The molecule has 1 aromatic carbocycles. The van der Waals surface area contributed by atoms with Gasteiger partial charge >= 0.3 is 0 Å². The molecular formula is C13H18BrClN2. The lowest BCUT2D eigenvalue weighted by molar-refractivity contribution is 0.330. The molecule has 94 valence electrons. The van der Waals surface area contributed by atoms with Crippen molar-refractivity contribution in [3.05, 3.63) is 27.2 Å². The molecule has 4 heteroatoms. The molecule has 0 bridgehead atoms. The molecule has 1 heterocycles. The van der Waals surface area contributed by atoms with Crippen molar-refractivity contribution >= 4 is 33.2 Å². The Kier molecular flexibility index (Phi) is 4.01. The number of nitrogens with one attached hydrogen (secondary N) is 1. The van der Waals surface area contributed by atoms with E-state index in [2.05, 4.69) is 46.2 Å². The van der Waals surface area contributed by atoms with Crippen molar-refractivity contribution < 1.29 is 0 Å². The standard InChI is InChI=1S/C13H18BrClN2/c1-8-4-11(14)13(6-12(8)15)16-10-5-9(2)17(3)7-10/h4,6,9-10,16H,5,7H2,1-3H3. The van der Waals surface area contributed by atoms with Gasteiger partial charge in [-0.3, -0.25) is 0 Å². The summed E-state index contributed by atoms with van der Waals surface area (Å²) in [6.45, 7) is 5.36. The molecule has 1 aliphatic rings. The van der Waals surface area contributed by atoms with E-state index >= 15 is 0 Å². The Morgan fingerprint density at radius 3 is 2.76 bits per heavy atom. The summed E-state index contributed by atoms with van der Waals surface area (Å²) in [7, 11) is 2.17. The first-order valence-electron chi connectivity index (χ1n) is 5.90. The number of nitrogens with zero attached hydrogens (tertiary/aromatic N) is 1. The molecule has 0 saturated carbocycles. The van der Waals surface area contributed by atoms with Gasteiger partial charge in [-0.1, -0.05) is 11.6 Å². The van der Waals surface area contributed by atoms with Crippen LogP contribution in [0.25, 0.3) is 0 Å². The molecule has 1 saturated heterocycles. The van der Waals surface area contributed by atoms with Crippen LogP contribution in [0.1, 0.15) is 18.9 Å². The zero-order chi connectivity index (χ0) is 12.6. The minimum absolute atomic E-state index is 0.505. The highest BCUT2D eigenvalue weighted by atomic mass is 79.9. The normalized spacial score (nSPS) is 25.2. The van der Waals surface area contributed by atoms with Crippen molar-refractivity contribution in [3.63, 3.8) is 0 Å². The molecular weight excluding hydrogens is 300 g/mol. The highest BCUT2D eigenvalue weighted by molar-refractivity contribution is 9.10. The molecule has 2 atom stereocenters. The number of halogens is 2. The first-order valence-corrected chi connectivity index (χ1v) is 7.07. The fourth-order valence-electron chi connectivity index (χ4n) is 2.28. The summed E-state index contributed by atoms with van der Waals surface area (Å²) < 4.78 is 1.08. The van der Waals surface area contributed by atoms with Crippen LogP contribution in [0.2, 0.25) is 5.02 Å². The number of aryl methyl sites for hydroxylation is 1. The lowest BCUT2D eigenvalue weighted by atomic mass is 10.1. The smallest absolute Gasteiger partial charge is 0.0502 e. The third-order valence-corrected chi connectivity index (χ3v) is 4.56. The van der Waals surface area contributed by atoms with Crippen LogP contribution in [-0.2, 0) is 0 Å². The first-order chi connectivity index (χ1) is 7.97. The quantitative estimate of drug-likeness (QED) is 0.889. The molecule has 2 rings (SSSR count). The van der Waals surface area contributed by atoms with Gasteiger partial charge in [0.05, 0.1) is 5.69 Å². The van der Waals surface area contributed by atoms with Crippen LogP contribution < -0.4 is 5.32 Å². The lowest BCUT2D eigenvalue weighted by Crippen LogP contribution is -2.25. The van der Waals surface area contributed by atoms with Gasteiger partial charge < -0.3 is 10.2 Å². The Hall–Kier alpha value is -0.250. The number of hydrogen-bond donors (Lipinski definition) is 1. The largest absolute Gasteiger partial charge is 0.380 e. The predicted molar refractivity (Wildman–Crippen MR) is 78.0 cm³/mol. The molecule has 0 spiro atoms. The topological polar surface area (TPSA) is 15.3 Å².